The van der Waals surface area contributed by atoms with Gasteiger partial charge in [0.1, 0.15) is 11.5 Å². The Balaban J connectivity index is 0.00000306. The molecule has 0 spiro atoms. The first kappa shape index (κ1) is 25.0. The predicted molar refractivity (Wildman–Crippen MR) is 134 cm³/mol. The minimum absolute atomic E-state index is 0. The number of hydrogen-bond acceptors (Lipinski definition) is 4. The third kappa shape index (κ3) is 6.67. The van der Waals surface area contributed by atoms with Crippen molar-refractivity contribution >= 4 is 40.1 Å². The molecule has 7 heteroatoms. The van der Waals surface area contributed by atoms with Crippen molar-refractivity contribution in [2.24, 2.45) is 5.92 Å². The molecular formula is C26H25BrClNO4. The number of carbonyl (C=O) groups is 2. The van der Waals surface area contributed by atoms with Crippen molar-refractivity contribution in [2.45, 2.75) is 19.4 Å². The maximum absolute atomic E-state index is 12.7. The lowest BCUT2D eigenvalue weighted by molar-refractivity contribution is 0.0696. The van der Waals surface area contributed by atoms with E-state index in [0.717, 1.165) is 42.5 Å². The molecule has 0 atom stereocenters. The normalized spacial score (nSPS) is 14.3. The van der Waals surface area contributed by atoms with E-state index < -0.39 is 5.97 Å². The van der Waals surface area contributed by atoms with Crippen LogP contribution in [0.1, 0.15) is 39.1 Å². The monoisotopic (exact) mass is 529 g/mol. The zero-order chi connectivity index (χ0) is 22.5. The van der Waals surface area contributed by atoms with Gasteiger partial charge in [0.15, 0.2) is 5.78 Å². The van der Waals surface area contributed by atoms with Crippen molar-refractivity contribution in [2.75, 3.05) is 13.1 Å². The van der Waals surface area contributed by atoms with Gasteiger partial charge in [0, 0.05) is 22.5 Å². The summed E-state index contributed by atoms with van der Waals surface area (Å²) < 4.78 is 6.78. The average molecular weight is 531 g/mol. The molecule has 0 saturated carbocycles. The summed E-state index contributed by atoms with van der Waals surface area (Å²) in [5.74, 6) is 0.685. The molecule has 172 valence electrons. The van der Waals surface area contributed by atoms with Crippen molar-refractivity contribution < 1.29 is 19.4 Å². The highest BCUT2D eigenvalue weighted by Gasteiger charge is 2.25. The first-order valence-corrected chi connectivity index (χ1v) is 11.4. The number of carboxylic acids is 1. The summed E-state index contributed by atoms with van der Waals surface area (Å²) in [6, 6.07) is 21.9. The Kier molecular flexibility index (Phi) is 8.67. The lowest BCUT2D eigenvalue weighted by Gasteiger charge is -2.31. The van der Waals surface area contributed by atoms with E-state index in [9.17, 15) is 9.59 Å². The Morgan fingerprint density at radius 1 is 0.848 bits per heavy atom. The molecule has 5 nitrogen and oxygen atoms in total. The predicted octanol–water partition coefficient (Wildman–Crippen LogP) is 6.46. The van der Waals surface area contributed by atoms with E-state index in [2.05, 4.69) is 20.8 Å². The quantitative estimate of drug-likeness (QED) is 0.355. The van der Waals surface area contributed by atoms with Gasteiger partial charge in [0.2, 0.25) is 0 Å². The smallest absolute Gasteiger partial charge is 0.335 e. The number of ether oxygens (including phenoxy) is 1. The van der Waals surface area contributed by atoms with E-state index in [0.29, 0.717) is 11.5 Å². The molecule has 1 aliphatic heterocycles. The van der Waals surface area contributed by atoms with Crippen molar-refractivity contribution in [1.29, 1.82) is 0 Å². The summed E-state index contributed by atoms with van der Waals surface area (Å²) in [6.45, 7) is 2.65. The zero-order valence-electron chi connectivity index (χ0n) is 17.9. The van der Waals surface area contributed by atoms with Gasteiger partial charge in [-0.05, 0) is 80.0 Å². The summed E-state index contributed by atoms with van der Waals surface area (Å²) in [4.78, 5) is 26.1. The molecule has 1 aliphatic rings. The minimum atomic E-state index is -0.956. The number of halogens is 2. The highest BCUT2D eigenvalue weighted by molar-refractivity contribution is 9.10. The van der Waals surface area contributed by atoms with Gasteiger partial charge in [0.05, 0.1) is 5.56 Å². The van der Waals surface area contributed by atoms with Crippen LogP contribution in [0, 0.1) is 5.92 Å². The van der Waals surface area contributed by atoms with Crippen LogP contribution in [0.5, 0.6) is 11.5 Å². The summed E-state index contributed by atoms with van der Waals surface area (Å²) in [6.07, 6.45) is 1.75. The molecule has 33 heavy (non-hydrogen) atoms. The Bertz CT molecular complexity index is 1080. The molecule has 3 aromatic rings. The molecule has 0 radical (unpaired) electrons. The number of carboxylic acid groups (broad SMARTS) is 1. The molecule has 1 heterocycles. The lowest BCUT2D eigenvalue weighted by atomic mass is 9.89. The van der Waals surface area contributed by atoms with Crippen LogP contribution in [0.25, 0.3) is 0 Å². The first-order chi connectivity index (χ1) is 15.5. The van der Waals surface area contributed by atoms with Crippen LogP contribution >= 0.6 is 28.3 Å². The van der Waals surface area contributed by atoms with Crippen molar-refractivity contribution in [3.63, 3.8) is 0 Å². The number of rotatable bonds is 7. The number of likely N-dealkylation sites (tertiary alicyclic amines) is 1. The van der Waals surface area contributed by atoms with Crippen LogP contribution in [-0.2, 0) is 6.54 Å². The van der Waals surface area contributed by atoms with Gasteiger partial charge in [0.25, 0.3) is 0 Å². The molecular weight excluding hydrogens is 506 g/mol. The topological polar surface area (TPSA) is 66.8 Å². The highest BCUT2D eigenvalue weighted by atomic mass is 79.9. The van der Waals surface area contributed by atoms with Crippen LogP contribution < -0.4 is 4.74 Å². The summed E-state index contributed by atoms with van der Waals surface area (Å²) in [5.41, 5.74) is 2.21. The minimum Gasteiger partial charge on any atom is -0.478 e. The second-order valence-corrected chi connectivity index (χ2v) is 8.91. The molecule has 0 bridgehead atoms. The molecule has 0 aliphatic carbocycles. The number of benzene rings is 3. The van der Waals surface area contributed by atoms with E-state index in [4.69, 9.17) is 9.84 Å². The standard InChI is InChI=1S/C26H24BrNO4.ClH/c27-22-7-3-19(4-8-22)25(29)20-13-15-28(16-14-20)17-18-1-9-23(10-2-18)32-24-11-5-21(6-12-24)26(30)31;/h1-12,20H,13-17H2,(H,30,31);1H. The molecule has 1 fully saturated rings. The van der Waals surface area contributed by atoms with Crippen LogP contribution in [0.4, 0.5) is 0 Å². The van der Waals surface area contributed by atoms with E-state index in [1.54, 1.807) is 12.1 Å². The molecule has 4 rings (SSSR count). The van der Waals surface area contributed by atoms with E-state index >= 15 is 0 Å². The Hall–Kier alpha value is -2.67. The number of carbonyl (C=O) groups excluding carboxylic acids is 1. The van der Waals surface area contributed by atoms with Crippen LogP contribution in [-0.4, -0.2) is 34.8 Å². The number of piperidine rings is 1. The molecule has 1 N–H and O–H groups in total. The van der Waals surface area contributed by atoms with Gasteiger partial charge >= 0.3 is 5.97 Å². The van der Waals surface area contributed by atoms with E-state index in [1.807, 2.05) is 48.5 Å². The Morgan fingerprint density at radius 2 is 1.36 bits per heavy atom. The highest BCUT2D eigenvalue weighted by Crippen LogP contribution is 2.25. The maximum Gasteiger partial charge on any atom is 0.335 e. The molecule has 3 aromatic carbocycles. The van der Waals surface area contributed by atoms with Gasteiger partial charge in [-0.3, -0.25) is 9.69 Å². The van der Waals surface area contributed by atoms with Gasteiger partial charge in [-0.15, -0.1) is 12.4 Å². The third-order valence-corrected chi connectivity index (χ3v) is 6.28. The van der Waals surface area contributed by atoms with Crippen molar-refractivity contribution in [3.05, 3.63) is 94.0 Å². The zero-order valence-corrected chi connectivity index (χ0v) is 20.3. The largest absolute Gasteiger partial charge is 0.478 e. The second kappa shape index (κ2) is 11.5. The van der Waals surface area contributed by atoms with Crippen LogP contribution in [0.3, 0.4) is 0 Å². The second-order valence-electron chi connectivity index (χ2n) is 8.00. The number of nitrogens with zero attached hydrogens (tertiary/aromatic N) is 1. The lowest BCUT2D eigenvalue weighted by Crippen LogP contribution is -2.35. The fourth-order valence-electron chi connectivity index (χ4n) is 3.93. The first-order valence-electron chi connectivity index (χ1n) is 10.6. The average Bonchev–Trinajstić information content (AvgIpc) is 2.81. The molecule has 0 unspecified atom stereocenters. The van der Waals surface area contributed by atoms with Gasteiger partial charge in [-0.2, -0.15) is 0 Å². The summed E-state index contributed by atoms with van der Waals surface area (Å²) in [7, 11) is 0. The fourth-order valence-corrected chi connectivity index (χ4v) is 4.19. The van der Waals surface area contributed by atoms with Gasteiger partial charge in [-0.1, -0.05) is 40.2 Å². The van der Waals surface area contributed by atoms with Crippen molar-refractivity contribution in [1.82, 2.24) is 4.90 Å². The van der Waals surface area contributed by atoms with E-state index in [-0.39, 0.29) is 29.7 Å². The number of hydrogen-bond donors (Lipinski definition) is 1. The van der Waals surface area contributed by atoms with Crippen molar-refractivity contribution in [3.8, 4) is 11.5 Å². The Labute approximate surface area is 207 Å². The SMILES string of the molecule is Cl.O=C(O)c1ccc(Oc2ccc(CN3CCC(C(=O)c4ccc(Br)cc4)CC3)cc2)cc1. The third-order valence-electron chi connectivity index (χ3n) is 5.75. The summed E-state index contributed by atoms with van der Waals surface area (Å²) in [5, 5.41) is 8.97. The number of aromatic carboxylic acids is 1. The number of ketones is 1. The Morgan fingerprint density at radius 3 is 1.91 bits per heavy atom. The van der Waals surface area contributed by atoms with Gasteiger partial charge < -0.3 is 9.84 Å². The van der Waals surface area contributed by atoms with Gasteiger partial charge in [-0.25, -0.2) is 4.79 Å². The van der Waals surface area contributed by atoms with Crippen LogP contribution in [0.15, 0.2) is 77.3 Å². The fraction of sp³-hybridized carbons (Fsp3) is 0.231. The molecule has 0 aromatic heterocycles. The summed E-state index contributed by atoms with van der Waals surface area (Å²) >= 11 is 3.41. The molecule has 0 amide bonds. The maximum atomic E-state index is 12.7. The van der Waals surface area contributed by atoms with E-state index in [1.165, 1.54) is 17.7 Å². The molecule has 1 saturated heterocycles. The number of Topliss-reactive ketones (excluding diaryl/α,β-unsaturated/α-hetero) is 1. The van der Waals surface area contributed by atoms with Crippen LogP contribution in [0.2, 0.25) is 0 Å².